The third kappa shape index (κ3) is 5.18. The van der Waals surface area contributed by atoms with Gasteiger partial charge in [0.25, 0.3) is 0 Å². The first-order valence-corrected chi connectivity index (χ1v) is 14.0. The first-order chi connectivity index (χ1) is 18.6. The molecule has 4 aromatic rings. The van der Waals surface area contributed by atoms with E-state index < -0.39 is 0 Å². The van der Waals surface area contributed by atoms with E-state index in [1.165, 1.54) is 22.4 Å². The summed E-state index contributed by atoms with van der Waals surface area (Å²) in [5.74, 6) is 1.59. The van der Waals surface area contributed by atoms with Gasteiger partial charge in [-0.1, -0.05) is 77.9 Å². The number of nitrogens with zero attached hydrogens (tertiary/aromatic N) is 4. The van der Waals surface area contributed by atoms with Crippen LogP contribution in [0.15, 0.2) is 79.1 Å². The fraction of sp³-hybridized carbons (Fsp3) is 0.324. The van der Waals surface area contributed by atoms with E-state index in [4.69, 9.17) is 5.10 Å². The quantitative estimate of drug-likeness (QED) is 0.265. The van der Waals surface area contributed by atoms with Gasteiger partial charge in [0.05, 0.1) is 12.4 Å². The highest BCUT2D eigenvalue weighted by Gasteiger charge is 2.25. The number of phenols is 1. The van der Waals surface area contributed by atoms with Crippen molar-refractivity contribution in [1.82, 2.24) is 9.78 Å². The summed E-state index contributed by atoms with van der Waals surface area (Å²) in [6, 6.07) is 22.7. The average Bonchev–Trinajstić information content (AvgIpc) is 3.55. The maximum Gasteiger partial charge on any atom is 0.141 e. The van der Waals surface area contributed by atoms with Crippen LogP contribution in [0.3, 0.4) is 0 Å². The van der Waals surface area contributed by atoms with Gasteiger partial charge in [0.15, 0.2) is 0 Å². The molecule has 1 aliphatic rings. The lowest BCUT2D eigenvalue weighted by Gasteiger charge is -2.30. The lowest BCUT2D eigenvalue weighted by molar-refractivity contribution is 0.470. The smallest absolute Gasteiger partial charge is 0.141 e. The predicted molar refractivity (Wildman–Crippen MR) is 163 cm³/mol. The van der Waals surface area contributed by atoms with Crippen LogP contribution in [0, 0.1) is 6.92 Å². The molecule has 5 heteroatoms. The van der Waals surface area contributed by atoms with Crippen molar-refractivity contribution in [2.45, 2.75) is 66.2 Å². The molecule has 1 aromatic heterocycles. The van der Waals surface area contributed by atoms with Crippen LogP contribution in [0.5, 0.6) is 5.75 Å². The van der Waals surface area contributed by atoms with Crippen LogP contribution in [-0.4, -0.2) is 21.6 Å². The summed E-state index contributed by atoms with van der Waals surface area (Å²) in [6.07, 6.45) is 4.39. The zero-order valence-electron chi connectivity index (χ0n) is 24.2. The van der Waals surface area contributed by atoms with E-state index in [9.17, 15) is 5.11 Å². The molecule has 0 saturated carbocycles. The second-order valence-corrected chi connectivity index (χ2v) is 11.5. The van der Waals surface area contributed by atoms with Crippen molar-refractivity contribution in [1.29, 1.82) is 0 Å². The normalized spacial score (nSPS) is 13.5. The molecule has 202 valence electrons. The molecule has 5 rings (SSSR count). The van der Waals surface area contributed by atoms with E-state index in [1.807, 2.05) is 25.1 Å². The molecule has 0 aliphatic carbocycles. The van der Waals surface area contributed by atoms with E-state index in [-0.39, 0.29) is 5.75 Å². The Hall–Kier alpha value is -3.99. The number of anilines is 2. The number of hydrogen-bond acceptors (Lipinski definition) is 4. The predicted octanol–water partition coefficient (Wildman–Crippen LogP) is 8.68. The van der Waals surface area contributed by atoms with Crippen LogP contribution in [-0.2, 0) is 0 Å². The lowest BCUT2D eigenvalue weighted by atomic mass is 9.87. The first kappa shape index (κ1) is 26.6. The summed E-state index contributed by atoms with van der Waals surface area (Å²) in [5.41, 5.74) is 10.3. The van der Waals surface area contributed by atoms with Crippen molar-refractivity contribution in [2.24, 2.45) is 0 Å². The molecule has 0 spiro atoms. The Morgan fingerprint density at radius 2 is 1.41 bits per heavy atom. The van der Waals surface area contributed by atoms with Gasteiger partial charge < -0.3 is 14.9 Å². The Balaban J connectivity index is 1.45. The summed E-state index contributed by atoms with van der Waals surface area (Å²) >= 11 is 0. The zero-order chi connectivity index (χ0) is 27.8. The van der Waals surface area contributed by atoms with Gasteiger partial charge in [0.2, 0.25) is 0 Å². The molecular weight excluding hydrogens is 480 g/mol. The minimum absolute atomic E-state index is 0.217. The summed E-state index contributed by atoms with van der Waals surface area (Å²) in [6.45, 7) is 16.5. The van der Waals surface area contributed by atoms with Gasteiger partial charge in [-0.25, -0.2) is 4.68 Å². The van der Waals surface area contributed by atoms with Crippen molar-refractivity contribution in [3.05, 3.63) is 102 Å². The fourth-order valence-corrected chi connectivity index (χ4v) is 5.33. The lowest BCUT2D eigenvalue weighted by Crippen LogP contribution is -2.26. The molecular formula is C34H40N4O. The van der Waals surface area contributed by atoms with Gasteiger partial charge in [-0.3, -0.25) is 0 Å². The second kappa shape index (κ2) is 10.6. The summed E-state index contributed by atoms with van der Waals surface area (Å²) in [5, 5.41) is 15.2. The monoisotopic (exact) mass is 520 g/mol. The van der Waals surface area contributed by atoms with Gasteiger partial charge in [-0.2, -0.15) is 5.10 Å². The number of aromatic nitrogens is 2. The van der Waals surface area contributed by atoms with Crippen LogP contribution in [0.2, 0.25) is 0 Å². The molecule has 0 bridgehead atoms. The highest BCUT2D eigenvalue weighted by Crippen LogP contribution is 2.40. The molecule has 0 unspecified atom stereocenters. The van der Waals surface area contributed by atoms with Crippen molar-refractivity contribution < 1.29 is 5.11 Å². The Kier molecular flexibility index (Phi) is 7.26. The molecule has 1 N–H and O–H groups in total. The Morgan fingerprint density at radius 1 is 0.744 bits per heavy atom. The maximum atomic E-state index is 10.3. The molecule has 0 atom stereocenters. The minimum Gasteiger partial charge on any atom is -0.506 e. The molecule has 0 saturated heterocycles. The van der Waals surface area contributed by atoms with E-state index in [1.54, 1.807) is 10.7 Å². The van der Waals surface area contributed by atoms with Gasteiger partial charge in [0.1, 0.15) is 11.4 Å². The van der Waals surface area contributed by atoms with Crippen LogP contribution in [0.1, 0.15) is 81.7 Å². The second-order valence-electron chi connectivity index (χ2n) is 11.5. The van der Waals surface area contributed by atoms with Crippen molar-refractivity contribution in [3.8, 4) is 22.7 Å². The van der Waals surface area contributed by atoms with Crippen LogP contribution >= 0.6 is 0 Å². The van der Waals surface area contributed by atoms with E-state index in [2.05, 4.69) is 106 Å². The van der Waals surface area contributed by atoms with Crippen molar-refractivity contribution >= 4 is 11.4 Å². The van der Waals surface area contributed by atoms with Crippen LogP contribution in [0.4, 0.5) is 11.4 Å². The van der Waals surface area contributed by atoms with Crippen LogP contribution < -0.4 is 9.80 Å². The summed E-state index contributed by atoms with van der Waals surface area (Å²) < 4.78 is 1.80. The van der Waals surface area contributed by atoms with Crippen LogP contribution in [0.25, 0.3) is 16.9 Å². The Morgan fingerprint density at radius 3 is 2.05 bits per heavy atom. The molecule has 3 aromatic carbocycles. The number of rotatable bonds is 7. The minimum atomic E-state index is 0.217. The number of hydrogen-bond donors (Lipinski definition) is 1. The topological polar surface area (TPSA) is 44.5 Å². The first-order valence-electron chi connectivity index (χ1n) is 14.0. The average molecular weight is 521 g/mol. The summed E-state index contributed by atoms with van der Waals surface area (Å²) in [7, 11) is 0. The van der Waals surface area contributed by atoms with Gasteiger partial charge in [-0.15, -0.1) is 0 Å². The van der Waals surface area contributed by atoms with Crippen molar-refractivity contribution in [3.63, 3.8) is 0 Å². The highest BCUT2D eigenvalue weighted by molar-refractivity contribution is 5.71. The number of para-hydroxylation sites is 2. The maximum absolute atomic E-state index is 10.3. The molecule has 39 heavy (non-hydrogen) atoms. The molecule has 0 fully saturated rings. The van der Waals surface area contributed by atoms with E-state index in [0.29, 0.717) is 23.4 Å². The Bertz CT molecular complexity index is 1480. The zero-order valence-corrected chi connectivity index (χ0v) is 24.2. The third-order valence-electron chi connectivity index (χ3n) is 7.59. The molecule has 2 heterocycles. The van der Waals surface area contributed by atoms with E-state index >= 15 is 0 Å². The summed E-state index contributed by atoms with van der Waals surface area (Å²) in [4.78, 5) is 4.69. The number of aryl methyl sites for hydroxylation is 1. The van der Waals surface area contributed by atoms with E-state index in [0.717, 1.165) is 29.3 Å². The molecule has 1 aliphatic heterocycles. The third-order valence-corrected chi connectivity index (χ3v) is 7.59. The SMILES string of the molecule is Cc1cc(-c2cccc(N3C=CN(c4c(C(C)C)cc(C(C)C)cc4C(C)C)C3)c2)nn1-c1ccccc1O. The fourth-order valence-electron chi connectivity index (χ4n) is 5.33. The Labute approximate surface area is 233 Å². The largest absolute Gasteiger partial charge is 0.506 e. The van der Waals surface area contributed by atoms with Crippen molar-refractivity contribution in [2.75, 3.05) is 16.5 Å². The molecule has 0 amide bonds. The van der Waals surface area contributed by atoms with Gasteiger partial charge >= 0.3 is 0 Å². The standard InChI is InChI=1S/C34H40N4O/c1-22(2)27-19-29(23(3)4)34(30(20-27)24(5)6)37-16-15-36(21-37)28-12-10-11-26(18-28)31-17-25(7)38(35-31)32-13-8-9-14-33(32)39/h8-20,22-24,39H,21H2,1-7H3. The highest BCUT2D eigenvalue weighted by atomic mass is 16.3. The number of benzene rings is 3. The molecule has 0 radical (unpaired) electrons. The number of aromatic hydroxyl groups is 1. The number of phenolic OH excluding ortho intramolecular Hbond substituents is 1. The van der Waals surface area contributed by atoms with Gasteiger partial charge in [-0.05, 0) is 71.7 Å². The van der Waals surface area contributed by atoms with Gasteiger partial charge in [0, 0.05) is 35.0 Å². The molecule has 5 nitrogen and oxygen atoms in total.